The summed E-state index contributed by atoms with van der Waals surface area (Å²) >= 11 is 3.41. The summed E-state index contributed by atoms with van der Waals surface area (Å²) in [4.78, 5) is 13.7. The Bertz CT molecular complexity index is 698. The van der Waals surface area contributed by atoms with Crippen LogP contribution in [0.4, 0.5) is 5.69 Å². The third-order valence-electron chi connectivity index (χ3n) is 3.94. The zero-order valence-electron chi connectivity index (χ0n) is 13.8. The number of anilines is 1. The van der Waals surface area contributed by atoms with Gasteiger partial charge in [0.25, 0.3) is 0 Å². The first-order valence-electron chi connectivity index (χ1n) is 7.93. The number of hydrogen-bond acceptors (Lipinski definition) is 3. The summed E-state index contributed by atoms with van der Waals surface area (Å²) in [5.74, 6) is -0.125. The van der Waals surface area contributed by atoms with E-state index in [4.69, 9.17) is 0 Å². The Balaban J connectivity index is 2.60. The second kappa shape index (κ2) is 7.32. The average Bonchev–Trinajstić information content (AvgIpc) is 2.89. The van der Waals surface area contributed by atoms with Crippen LogP contribution < -0.4 is 4.90 Å². The molecule has 1 amide bonds. The van der Waals surface area contributed by atoms with Crippen molar-refractivity contribution in [3.8, 4) is 0 Å². The second-order valence-electron chi connectivity index (χ2n) is 5.74. The monoisotopic (exact) mass is 402 g/mol. The Morgan fingerprint density at radius 2 is 1.87 bits per heavy atom. The normalized spacial score (nSPS) is 14.4. The Morgan fingerprint density at radius 3 is 2.39 bits per heavy atom. The molecule has 7 heteroatoms. The zero-order chi connectivity index (χ0) is 17.2. The number of amides is 1. The minimum atomic E-state index is -3.63. The molecule has 23 heavy (non-hydrogen) atoms. The predicted molar refractivity (Wildman–Crippen MR) is 95.2 cm³/mol. The van der Waals surface area contributed by atoms with E-state index < -0.39 is 10.0 Å². The number of nitrogens with zero attached hydrogens (tertiary/aromatic N) is 2. The van der Waals surface area contributed by atoms with Crippen LogP contribution in [0.3, 0.4) is 0 Å². The van der Waals surface area contributed by atoms with Gasteiger partial charge >= 0.3 is 0 Å². The summed E-state index contributed by atoms with van der Waals surface area (Å²) in [5.41, 5.74) is 1.46. The molecular formula is C16H23BrN2O3S. The number of halogens is 1. The average molecular weight is 403 g/mol. The fourth-order valence-electron chi connectivity index (χ4n) is 2.97. The number of hydrogen-bond donors (Lipinski definition) is 0. The summed E-state index contributed by atoms with van der Waals surface area (Å²) in [6.07, 6.45) is 2.19. The van der Waals surface area contributed by atoms with Gasteiger partial charge in [0.15, 0.2) is 0 Å². The van der Waals surface area contributed by atoms with Crippen LogP contribution >= 0.6 is 15.9 Å². The second-order valence-corrected chi connectivity index (χ2v) is 8.56. The van der Waals surface area contributed by atoms with Crippen molar-refractivity contribution in [1.29, 1.82) is 0 Å². The largest absolute Gasteiger partial charge is 0.311 e. The molecule has 0 saturated carbocycles. The van der Waals surface area contributed by atoms with Gasteiger partial charge in [-0.2, -0.15) is 4.31 Å². The molecule has 0 aliphatic carbocycles. The van der Waals surface area contributed by atoms with Crippen LogP contribution in [0.25, 0.3) is 0 Å². The Morgan fingerprint density at radius 1 is 1.26 bits per heavy atom. The fraction of sp³-hybridized carbons (Fsp3) is 0.562. The number of carbonyl (C=O) groups is 1. The minimum absolute atomic E-state index is 0.125. The summed E-state index contributed by atoms with van der Waals surface area (Å²) in [6, 6.07) is 3.52. The van der Waals surface area contributed by atoms with E-state index in [0.29, 0.717) is 31.7 Å². The Kier molecular flexibility index (Phi) is 5.86. The van der Waals surface area contributed by atoms with Gasteiger partial charge in [0.2, 0.25) is 15.9 Å². The molecule has 128 valence electrons. The number of benzene rings is 1. The molecule has 1 heterocycles. The predicted octanol–water partition coefficient (Wildman–Crippen LogP) is 3.17. The molecule has 0 radical (unpaired) electrons. The Labute approximate surface area is 146 Å². The number of rotatable bonds is 6. The first-order chi connectivity index (χ1) is 10.8. The molecule has 0 N–H and O–H groups in total. The molecule has 0 aromatic heterocycles. The van der Waals surface area contributed by atoms with E-state index in [1.807, 2.05) is 19.9 Å². The quantitative estimate of drug-likeness (QED) is 0.733. The molecule has 0 fully saturated rings. The van der Waals surface area contributed by atoms with E-state index in [2.05, 4.69) is 15.9 Å². The van der Waals surface area contributed by atoms with E-state index in [-0.39, 0.29) is 10.8 Å². The molecule has 1 aliphatic heterocycles. The van der Waals surface area contributed by atoms with Crippen LogP contribution in [0.5, 0.6) is 0 Å². The van der Waals surface area contributed by atoms with Crippen molar-refractivity contribution in [2.45, 2.75) is 44.9 Å². The highest BCUT2D eigenvalue weighted by Crippen LogP contribution is 2.38. The lowest BCUT2D eigenvalue weighted by molar-refractivity contribution is -0.116. The van der Waals surface area contributed by atoms with Crippen LogP contribution in [0.15, 0.2) is 21.5 Å². The van der Waals surface area contributed by atoms with Gasteiger partial charge in [-0.3, -0.25) is 4.79 Å². The molecule has 5 nitrogen and oxygen atoms in total. The first kappa shape index (κ1) is 18.4. The van der Waals surface area contributed by atoms with Crippen LogP contribution in [0, 0.1) is 0 Å². The molecular weight excluding hydrogens is 380 g/mol. The number of sulfonamides is 1. The third kappa shape index (κ3) is 3.61. The maximum absolute atomic E-state index is 13.2. The molecule has 0 spiro atoms. The molecule has 0 unspecified atom stereocenters. The van der Waals surface area contributed by atoms with E-state index >= 15 is 0 Å². The maximum atomic E-state index is 13.2. The number of carbonyl (C=O) groups excluding carboxylic acids is 1. The summed E-state index contributed by atoms with van der Waals surface area (Å²) in [7, 11) is -3.63. The van der Waals surface area contributed by atoms with Gasteiger partial charge in [0.1, 0.15) is 4.90 Å². The van der Waals surface area contributed by atoms with Crippen LogP contribution in [-0.2, 0) is 21.2 Å². The highest BCUT2D eigenvalue weighted by Gasteiger charge is 2.34. The lowest BCUT2D eigenvalue weighted by Crippen LogP contribution is -2.34. The molecule has 0 saturated heterocycles. The van der Waals surface area contributed by atoms with Crippen LogP contribution in [-0.4, -0.2) is 38.3 Å². The highest BCUT2D eigenvalue weighted by atomic mass is 79.9. The molecule has 1 aliphatic rings. The van der Waals surface area contributed by atoms with Gasteiger partial charge in [-0.1, -0.05) is 29.8 Å². The van der Waals surface area contributed by atoms with Gasteiger partial charge in [0, 0.05) is 31.0 Å². The Hall–Kier alpha value is -0.920. The van der Waals surface area contributed by atoms with Crippen molar-refractivity contribution in [3.05, 3.63) is 22.2 Å². The summed E-state index contributed by atoms with van der Waals surface area (Å²) in [6.45, 7) is 6.90. The van der Waals surface area contributed by atoms with Gasteiger partial charge in [-0.15, -0.1) is 0 Å². The molecule has 2 rings (SSSR count). The van der Waals surface area contributed by atoms with Crippen molar-refractivity contribution in [1.82, 2.24) is 4.31 Å². The van der Waals surface area contributed by atoms with Crippen molar-refractivity contribution >= 4 is 37.5 Å². The van der Waals surface area contributed by atoms with Gasteiger partial charge in [-0.25, -0.2) is 8.42 Å². The van der Waals surface area contributed by atoms with Gasteiger partial charge < -0.3 is 4.90 Å². The molecule has 1 aromatic carbocycles. The van der Waals surface area contributed by atoms with Crippen LogP contribution in [0.2, 0.25) is 0 Å². The smallest absolute Gasteiger partial charge is 0.245 e. The lowest BCUT2D eigenvalue weighted by atomic mass is 10.2. The highest BCUT2D eigenvalue weighted by molar-refractivity contribution is 9.10. The van der Waals surface area contributed by atoms with E-state index in [1.54, 1.807) is 11.0 Å². The van der Waals surface area contributed by atoms with Crippen molar-refractivity contribution in [2.75, 3.05) is 24.5 Å². The third-order valence-corrected chi connectivity index (χ3v) is 6.31. The van der Waals surface area contributed by atoms with E-state index in [9.17, 15) is 13.2 Å². The number of fused-ring (bicyclic) bond motifs is 1. The lowest BCUT2D eigenvalue weighted by Gasteiger charge is -2.25. The van der Waals surface area contributed by atoms with Crippen molar-refractivity contribution in [3.63, 3.8) is 0 Å². The fourth-order valence-corrected chi connectivity index (χ4v) is 5.51. The summed E-state index contributed by atoms with van der Waals surface area (Å²) < 4.78 is 28.6. The summed E-state index contributed by atoms with van der Waals surface area (Å²) in [5, 5.41) is 0. The molecule has 0 bridgehead atoms. The van der Waals surface area contributed by atoms with Gasteiger partial charge in [0.05, 0.1) is 5.69 Å². The topological polar surface area (TPSA) is 57.7 Å². The molecule has 1 aromatic rings. The van der Waals surface area contributed by atoms with E-state index in [1.165, 1.54) is 11.2 Å². The first-order valence-corrected chi connectivity index (χ1v) is 10.2. The maximum Gasteiger partial charge on any atom is 0.245 e. The van der Waals surface area contributed by atoms with Crippen molar-refractivity contribution < 1.29 is 13.2 Å². The van der Waals surface area contributed by atoms with E-state index in [0.717, 1.165) is 22.9 Å². The van der Waals surface area contributed by atoms with Crippen molar-refractivity contribution in [2.24, 2.45) is 0 Å². The minimum Gasteiger partial charge on any atom is -0.311 e. The molecule has 0 atom stereocenters. The van der Waals surface area contributed by atoms with Gasteiger partial charge in [-0.05, 0) is 37.0 Å². The standard InChI is InChI=1S/C16H23BrN2O3S/c1-4-7-18(8-5-2)23(21,22)15-11-14(17)10-13-6-9-19(12(3)20)16(13)15/h10-11H,4-9H2,1-3H3. The zero-order valence-corrected chi connectivity index (χ0v) is 16.2. The SMILES string of the molecule is CCCN(CCC)S(=O)(=O)c1cc(Br)cc2c1N(C(C)=O)CC2. The van der Waals surface area contributed by atoms with Crippen LogP contribution in [0.1, 0.15) is 39.2 Å².